The summed E-state index contributed by atoms with van der Waals surface area (Å²) >= 11 is 0. The lowest BCUT2D eigenvalue weighted by Gasteiger charge is -2.32. The minimum Gasteiger partial charge on any atom is -0.372 e. The van der Waals surface area contributed by atoms with E-state index >= 15 is 0 Å². The van der Waals surface area contributed by atoms with E-state index < -0.39 is 5.91 Å². The molecule has 0 spiro atoms. The molecule has 1 aliphatic rings. The first kappa shape index (κ1) is 22.0. The van der Waals surface area contributed by atoms with E-state index in [1.807, 2.05) is 31.4 Å². The Kier molecular flexibility index (Phi) is 5.93. The van der Waals surface area contributed by atoms with Crippen molar-refractivity contribution in [1.29, 1.82) is 0 Å². The van der Waals surface area contributed by atoms with Crippen molar-refractivity contribution in [3.63, 3.8) is 0 Å². The highest BCUT2D eigenvalue weighted by Gasteiger charge is 2.25. The number of nitrogens with two attached hydrogens (primary N) is 1. The topological polar surface area (TPSA) is 115 Å². The molecule has 3 N–H and O–H groups in total. The van der Waals surface area contributed by atoms with Gasteiger partial charge in [0.2, 0.25) is 0 Å². The number of rotatable bonds is 6. The van der Waals surface area contributed by atoms with Gasteiger partial charge in [-0.3, -0.25) is 14.7 Å². The number of primary amides is 1. The molecule has 1 fully saturated rings. The molecule has 0 atom stereocenters. The van der Waals surface area contributed by atoms with Gasteiger partial charge in [-0.25, -0.2) is 4.98 Å². The number of aromatic nitrogens is 5. The molecule has 0 radical (unpaired) electrons. The first-order valence-corrected chi connectivity index (χ1v) is 11.5. The Morgan fingerprint density at radius 2 is 1.94 bits per heavy atom. The molecule has 4 aromatic heterocycles. The lowest BCUT2D eigenvalue weighted by molar-refractivity contribution is 0.0997. The second-order valence-corrected chi connectivity index (χ2v) is 8.70. The Hall–Kier alpha value is -3.85. The van der Waals surface area contributed by atoms with E-state index in [2.05, 4.69) is 48.1 Å². The van der Waals surface area contributed by atoms with Crippen LogP contribution in [0.15, 0.2) is 48.8 Å². The van der Waals surface area contributed by atoms with Crippen LogP contribution in [0.3, 0.4) is 0 Å². The van der Waals surface area contributed by atoms with Gasteiger partial charge in [-0.2, -0.15) is 0 Å². The van der Waals surface area contributed by atoms with Gasteiger partial charge in [0.05, 0.1) is 17.0 Å². The molecule has 0 bridgehead atoms. The summed E-state index contributed by atoms with van der Waals surface area (Å²) in [4.78, 5) is 23.4. The van der Waals surface area contributed by atoms with Crippen molar-refractivity contribution in [3.05, 3.63) is 65.7 Å². The molecule has 174 valence electrons. The van der Waals surface area contributed by atoms with Gasteiger partial charge in [0, 0.05) is 55.6 Å². The Balaban J connectivity index is 1.34. The molecule has 5 heterocycles. The molecule has 0 saturated carbocycles. The molecule has 4 aromatic rings. The van der Waals surface area contributed by atoms with E-state index in [1.165, 1.54) is 5.69 Å². The molecule has 0 unspecified atom stereocenters. The smallest absolute Gasteiger partial charge is 0.250 e. The van der Waals surface area contributed by atoms with E-state index in [0.29, 0.717) is 5.56 Å². The average Bonchev–Trinajstić information content (AvgIpc) is 3.19. The zero-order valence-corrected chi connectivity index (χ0v) is 19.4. The summed E-state index contributed by atoms with van der Waals surface area (Å²) in [5, 5.41) is 12.7. The van der Waals surface area contributed by atoms with Crippen LogP contribution in [0.5, 0.6) is 0 Å². The monoisotopic (exact) mass is 456 g/mol. The minimum atomic E-state index is -0.408. The summed E-state index contributed by atoms with van der Waals surface area (Å²) in [6.45, 7) is 2.69. The SMILES string of the molecule is CNc1ccc(-c2ccnc3c2cc(CN2CCC(c4ncccc4C(N)=O)CC2)n3C)nn1. The van der Waals surface area contributed by atoms with Gasteiger partial charge in [-0.1, -0.05) is 0 Å². The lowest BCUT2D eigenvalue weighted by atomic mass is 9.90. The normalized spacial score (nSPS) is 15.0. The summed E-state index contributed by atoms with van der Waals surface area (Å²) in [5.41, 5.74) is 10.9. The second kappa shape index (κ2) is 9.18. The number of piperidine rings is 1. The van der Waals surface area contributed by atoms with Crippen molar-refractivity contribution in [1.82, 2.24) is 29.6 Å². The number of hydrogen-bond acceptors (Lipinski definition) is 7. The van der Waals surface area contributed by atoms with Crippen LogP contribution in [0, 0.1) is 0 Å². The molecule has 5 rings (SSSR count). The summed E-state index contributed by atoms with van der Waals surface area (Å²) in [6, 6.07) is 11.6. The van der Waals surface area contributed by atoms with Crippen molar-refractivity contribution >= 4 is 22.8 Å². The molecule has 1 amide bonds. The predicted molar refractivity (Wildman–Crippen MR) is 131 cm³/mol. The van der Waals surface area contributed by atoms with Crippen LogP contribution in [0.1, 0.15) is 40.5 Å². The van der Waals surface area contributed by atoms with Gasteiger partial charge in [0.15, 0.2) is 0 Å². The molecule has 9 nitrogen and oxygen atoms in total. The number of pyridine rings is 2. The van der Waals surface area contributed by atoms with Crippen molar-refractivity contribution in [2.24, 2.45) is 12.8 Å². The number of carbonyl (C=O) groups is 1. The maximum absolute atomic E-state index is 11.8. The van der Waals surface area contributed by atoms with E-state index in [-0.39, 0.29) is 5.92 Å². The van der Waals surface area contributed by atoms with Crippen LogP contribution in [0.2, 0.25) is 0 Å². The van der Waals surface area contributed by atoms with Gasteiger partial charge < -0.3 is 15.6 Å². The summed E-state index contributed by atoms with van der Waals surface area (Å²) < 4.78 is 2.16. The lowest BCUT2D eigenvalue weighted by Crippen LogP contribution is -2.34. The number of aryl methyl sites for hydroxylation is 1. The molecule has 1 saturated heterocycles. The highest BCUT2D eigenvalue weighted by atomic mass is 16.1. The van der Waals surface area contributed by atoms with Crippen LogP contribution >= 0.6 is 0 Å². The maximum atomic E-state index is 11.8. The molecular weight excluding hydrogens is 428 g/mol. The number of hydrogen-bond donors (Lipinski definition) is 2. The van der Waals surface area contributed by atoms with Crippen molar-refractivity contribution < 1.29 is 4.79 Å². The van der Waals surface area contributed by atoms with Crippen LogP contribution in [0.25, 0.3) is 22.3 Å². The number of carbonyl (C=O) groups excluding carboxylic acids is 1. The number of likely N-dealkylation sites (tertiary alicyclic amines) is 1. The minimum absolute atomic E-state index is 0.250. The number of nitrogens with zero attached hydrogens (tertiary/aromatic N) is 6. The van der Waals surface area contributed by atoms with Gasteiger partial charge in [-0.05, 0) is 62.3 Å². The van der Waals surface area contributed by atoms with Crippen molar-refractivity contribution in [2.75, 3.05) is 25.5 Å². The molecule has 0 aromatic carbocycles. The Bertz CT molecular complexity index is 1320. The average molecular weight is 457 g/mol. The Morgan fingerprint density at radius 1 is 1.12 bits per heavy atom. The van der Waals surface area contributed by atoms with E-state index in [1.54, 1.807) is 18.3 Å². The number of nitrogens with one attached hydrogen (secondary N) is 1. The van der Waals surface area contributed by atoms with E-state index in [0.717, 1.165) is 66.3 Å². The summed E-state index contributed by atoms with van der Waals surface area (Å²) in [7, 11) is 3.89. The van der Waals surface area contributed by atoms with Crippen LogP contribution in [-0.4, -0.2) is 55.7 Å². The maximum Gasteiger partial charge on any atom is 0.250 e. The van der Waals surface area contributed by atoms with E-state index in [4.69, 9.17) is 5.73 Å². The number of anilines is 1. The Morgan fingerprint density at radius 3 is 2.65 bits per heavy atom. The summed E-state index contributed by atoms with van der Waals surface area (Å²) in [6.07, 6.45) is 5.45. The van der Waals surface area contributed by atoms with Crippen LogP contribution < -0.4 is 11.1 Å². The third-order valence-electron chi connectivity index (χ3n) is 6.69. The molecular formula is C25H28N8O. The van der Waals surface area contributed by atoms with Gasteiger partial charge >= 0.3 is 0 Å². The van der Waals surface area contributed by atoms with Crippen LogP contribution in [-0.2, 0) is 13.6 Å². The van der Waals surface area contributed by atoms with Crippen LogP contribution in [0.4, 0.5) is 5.82 Å². The molecule has 0 aliphatic carbocycles. The summed E-state index contributed by atoms with van der Waals surface area (Å²) in [5.74, 6) is 0.578. The predicted octanol–water partition coefficient (Wildman–Crippen LogP) is 2.95. The first-order chi connectivity index (χ1) is 16.5. The largest absolute Gasteiger partial charge is 0.372 e. The first-order valence-electron chi connectivity index (χ1n) is 11.5. The second-order valence-electron chi connectivity index (χ2n) is 8.70. The fourth-order valence-electron chi connectivity index (χ4n) is 4.80. The molecule has 34 heavy (non-hydrogen) atoms. The van der Waals surface area contributed by atoms with Gasteiger partial charge in [-0.15, -0.1) is 10.2 Å². The number of amides is 1. The highest BCUT2D eigenvalue weighted by Crippen LogP contribution is 2.32. The Labute approximate surface area is 198 Å². The third kappa shape index (κ3) is 4.10. The highest BCUT2D eigenvalue weighted by molar-refractivity contribution is 5.94. The number of fused-ring (bicyclic) bond motifs is 1. The van der Waals surface area contributed by atoms with Crippen molar-refractivity contribution in [2.45, 2.75) is 25.3 Å². The fraction of sp³-hybridized carbons (Fsp3) is 0.320. The van der Waals surface area contributed by atoms with Gasteiger partial charge in [0.25, 0.3) is 5.91 Å². The molecule has 1 aliphatic heterocycles. The standard InChI is InChI=1S/C25H28N8O/c1-27-22-6-5-21(30-31-22)18-7-11-29-25-20(18)14-17(32(25)2)15-33-12-8-16(9-13-33)23-19(24(26)34)4-3-10-28-23/h3-7,10-11,14,16H,8-9,12-13,15H2,1-2H3,(H2,26,34)(H,27,31). The quantitative estimate of drug-likeness (QED) is 0.458. The molecule has 9 heteroatoms. The van der Waals surface area contributed by atoms with Gasteiger partial charge in [0.1, 0.15) is 11.5 Å². The van der Waals surface area contributed by atoms with E-state index in [9.17, 15) is 4.79 Å². The fourth-order valence-corrected chi connectivity index (χ4v) is 4.80. The zero-order chi connectivity index (χ0) is 23.7. The van der Waals surface area contributed by atoms with Crippen molar-refractivity contribution in [3.8, 4) is 11.3 Å². The zero-order valence-electron chi connectivity index (χ0n) is 19.4. The third-order valence-corrected chi connectivity index (χ3v) is 6.69.